The van der Waals surface area contributed by atoms with Crippen molar-refractivity contribution in [1.29, 1.82) is 0 Å². The normalized spacial score (nSPS) is 11.5. The summed E-state index contributed by atoms with van der Waals surface area (Å²) in [4.78, 5) is 34.3. The number of carboxylic acids is 1. The summed E-state index contributed by atoms with van der Waals surface area (Å²) in [6.45, 7) is 1.25. The number of hydrogen-bond donors (Lipinski definition) is 1. The molecule has 0 fully saturated rings. The van der Waals surface area contributed by atoms with Gasteiger partial charge < -0.3 is 15.2 Å². The first-order valence-electron chi connectivity index (χ1n) is 7.14. The fourth-order valence-electron chi connectivity index (χ4n) is 2.22. The third-order valence-corrected chi connectivity index (χ3v) is 3.35. The van der Waals surface area contributed by atoms with E-state index in [0.29, 0.717) is 16.7 Å². The van der Waals surface area contributed by atoms with Gasteiger partial charge in [-0.25, -0.2) is 0 Å². The van der Waals surface area contributed by atoms with Crippen molar-refractivity contribution in [2.24, 2.45) is 0 Å². The molecule has 0 spiro atoms. The largest absolute Gasteiger partial charge is 0.548 e. The van der Waals surface area contributed by atoms with E-state index in [-0.39, 0.29) is 12.2 Å². The highest BCUT2D eigenvalue weighted by Crippen LogP contribution is 2.12. The Labute approximate surface area is 134 Å². The molecule has 1 amide bonds. The molecular formula is C18H16NO4-. The number of benzene rings is 2. The maximum atomic E-state index is 12.3. The van der Waals surface area contributed by atoms with E-state index in [9.17, 15) is 19.5 Å². The Morgan fingerprint density at radius 3 is 2.04 bits per heavy atom. The van der Waals surface area contributed by atoms with Crippen LogP contribution < -0.4 is 10.4 Å². The second-order valence-corrected chi connectivity index (χ2v) is 5.17. The van der Waals surface area contributed by atoms with Gasteiger partial charge in [0.05, 0.1) is 12.0 Å². The van der Waals surface area contributed by atoms with Crippen LogP contribution in [0.5, 0.6) is 0 Å². The van der Waals surface area contributed by atoms with E-state index >= 15 is 0 Å². The van der Waals surface area contributed by atoms with Gasteiger partial charge in [-0.1, -0.05) is 54.6 Å². The highest BCUT2D eigenvalue weighted by Gasteiger charge is 2.13. The van der Waals surface area contributed by atoms with E-state index in [1.807, 2.05) is 6.07 Å². The Hall–Kier alpha value is -2.95. The van der Waals surface area contributed by atoms with Crippen molar-refractivity contribution in [3.63, 3.8) is 0 Å². The van der Waals surface area contributed by atoms with Crippen LogP contribution >= 0.6 is 0 Å². The number of carboxylic acid groups (broad SMARTS) is 1. The summed E-state index contributed by atoms with van der Waals surface area (Å²) in [5.41, 5.74) is 1.80. The van der Waals surface area contributed by atoms with E-state index in [1.54, 1.807) is 48.5 Å². The van der Waals surface area contributed by atoms with Gasteiger partial charge in [0.2, 0.25) is 5.91 Å². The molecule has 0 radical (unpaired) electrons. The number of ketones is 1. The number of hydrogen-bond acceptors (Lipinski definition) is 4. The average molecular weight is 310 g/mol. The van der Waals surface area contributed by atoms with Crippen LogP contribution in [0.2, 0.25) is 0 Å². The summed E-state index contributed by atoms with van der Waals surface area (Å²) in [6, 6.07) is 14.4. The third kappa shape index (κ3) is 4.51. The second kappa shape index (κ2) is 7.35. The van der Waals surface area contributed by atoms with Gasteiger partial charge in [0, 0.05) is 18.1 Å². The van der Waals surface area contributed by atoms with Gasteiger partial charge in [-0.2, -0.15) is 0 Å². The first-order valence-corrected chi connectivity index (χ1v) is 7.14. The smallest absolute Gasteiger partial charge is 0.217 e. The monoisotopic (exact) mass is 310 g/mol. The molecule has 2 aromatic rings. The zero-order valence-corrected chi connectivity index (χ0v) is 12.6. The number of rotatable bonds is 6. The molecule has 1 atom stereocenters. The van der Waals surface area contributed by atoms with Crippen LogP contribution in [0.3, 0.4) is 0 Å². The van der Waals surface area contributed by atoms with Gasteiger partial charge in [-0.3, -0.25) is 9.59 Å². The van der Waals surface area contributed by atoms with Crippen LogP contribution in [0.1, 0.15) is 28.4 Å². The Morgan fingerprint density at radius 1 is 0.957 bits per heavy atom. The molecule has 0 aliphatic carbocycles. The number of carbonyl (C=O) groups excluding carboxylic acids is 3. The van der Waals surface area contributed by atoms with Crippen molar-refractivity contribution in [3.8, 4) is 0 Å². The first-order chi connectivity index (χ1) is 11.0. The first kappa shape index (κ1) is 16.4. The number of nitrogens with one attached hydrogen (secondary N) is 1. The van der Waals surface area contributed by atoms with Gasteiger partial charge in [-0.15, -0.1) is 0 Å². The molecule has 2 rings (SSSR count). The van der Waals surface area contributed by atoms with Gasteiger partial charge in [0.25, 0.3) is 0 Å². The maximum Gasteiger partial charge on any atom is 0.217 e. The fourth-order valence-corrected chi connectivity index (χ4v) is 2.22. The molecule has 5 nitrogen and oxygen atoms in total. The fraction of sp³-hybridized carbons (Fsp3) is 0.167. The van der Waals surface area contributed by atoms with Crippen LogP contribution in [0.25, 0.3) is 0 Å². The lowest BCUT2D eigenvalue weighted by atomic mass is 9.99. The summed E-state index contributed by atoms with van der Waals surface area (Å²) in [6.07, 6.45) is 0.0989. The van der Waals surface area contributed by atoms with Crippen molar-refractivity contribution < 1.29 is 19.5 Å². The van der Waals surface area contributed by atoms with E-state index in [2.05, 4.69) is 5.32 Å². The summed E-state index contributed by atoms with van der Waals surface area (Å²) in [5.74, 6) is -1.88. The van der Waals surface area contributed by atoms with Crippen LogP contribution in [0.15, 0.2) is 54.6 Å². The average Bonchev–Trinajstić information content (AvgIpc) is 2.54. The van der Waals surface area contributed by atoms with Crippen molar-refractivity contribution in [2.75, 3.05) is 0 Å². The number of carbonyl (C=O) groups is 3. The minimum atomic E-state index is -1.34. The Morgan fingerprint density at radius 2 is 1.52 bits per heavy atom. The Bertz CT molecular complexity index is 708. The van der Waals surface area contributed by atoms with Gasteiger partial charge in [0.15, 0.2) is 5.78 Å². The molecule has 0 saturated heterocycles. The lowest BCUT2D eigenvalue weighted by Crippen LogP contribution is -2.48. The number of amides is 1. The molecule has 118 valence electrons. The highest BCUT2D eigenvalue weighted by atomic mass is 16.4. The minimum Gasteiger partial charge on any atom is -0.548 e. The lowest BCUT2D eigenvalue weighted by molar-refractivity contribution is -0.308. The Kier molecular flexibility index (Phi) is 5.25. The topological polar surface area (TPSA) is 86.3 Å². The molecule has 0 aliphatic heterocycles. The summed E-state index contributed by atoms with van der Waals surface area (Å²) in [7, 11) is 0. The van der Waals surface area contributed by atoms with Crippen LogP contribution in [-0.4, -0.2) is 23.7 Å². The maximum absolute atomic E-state index is 12.3. The van der Waals surface area contributed by atoms with Gasteiger partial charge >= 0.3 is 0 Å². The number of aliphatic carboxylic acids is 1. The molecule has 0 unspecified atom stereocenters. The third-order valence-electron chi connectivity index (χ3n) is 3.35. The summed E-state index contributed by atoms with van der Waals surface area (Å²) in [5, 5.41) is 13.3. The molecule has 0 aromatic heterocycles. The molecule has 5 heteroatoms. The van der Waals surface area contributed by atoms with Crippen molar-refractivity contribution in [3.05, 3.63) is 71.3 Å². The SMILES string of the molecule is CC(=O)N[C@H](Cc1ccc(C(=O)c2ccccc2)cc1)C(=O)[O-]. The van der Waals surface area contributed by atoms with Crippen molar-refractivity contribution in [2.45, 2.75) is 19.4 Å². The summed E-state index contributed by atoms with van der Waals surface area (Å²) < 4.78 is 0. The second-order valence-electron chi connectivity index (χ2n) is 5.17. The molecule has 23 heavy (non-hydrogen) atoms. The Balaban J connectivity index is 2.11. The minimum absolute atomic E-state index is 0.0989. The predicted octanol–water partition coefficient (Wildman–Crippen LogP) is 0.715. The van der Waals surface area contributed by atoms with E-state index in [0.717, 1.165) is 0 Å². The summed E-state index contributed by atoms with van der Waals surface area (Å²) >= 11 is 0. The highest BCUT2D eigenvalue weighted by molar-refractivity contribution is 6.08. The molecule has 1 N–H and O–H groups in total. The van der Waals surface area contributed by atoms with E-state index in [1.165, 1.54) is 6.92 Å². The lowest BCUT2D eigenvalue weighted by Gasteiger charge is -2.18. The van der Waals surface area contributed by atoms with Crippen molar-refractivity contribution in [1.82, 2.24) is 5.32 Å². The standard InChI is InChI=1S/C18H17NO4/c1-12(20)19-16(18(22)23)11-13-7-9-15(10-8-13)17(21)14-5-3-2-4-6-14/h2-10,16H,11H2,1H3,(H,19,20)(H,22,23)/p-1/t16-/m1/s1. The van der Waals surface area contributed by atoms with E-state index < -0.39 is 17.9 Å². The van der Waals surface area contributed by atoms with Gasteiger partial charge in [-0.05, 0) is 12.0 Å². The van der Waals surface area contributed by atoms with Crippen LogP contribution in [0, 0.1) is 0 Å². The van der Waals surface area contributed by atoms with E-state index in [4.69, 9.17) is 0 Å². The van der Waals surface area contributed by atoms with Crippen LogP contribution in [-0.2, 0) is 16.0 Å². The zero-order valence-electron chi connectivity index (χ0n) is 12.6. The molecule has 0 saturated carbocycles. The predicted molar refractivity (Wildman–Crippen MR) is 82.6 cm³/mol. The van der Waals surface area contributed by atoms with Crippen LogP contribution in [0.4, 0.5) is 0 Å². The zero-order chi connectivity index (χ0) is 16.8. The van der Waals surface area contributed by atoms with Gasteiger partial charge in [0.1, 0.15) is 0 Å². The molecule has 0 heterocycles. The molecule has 0 aliphatic rings. The molecular weight excluding hydrogens is 294 g/mol. The quantitative estimate of drug-likeness (QED) is 0.796. The van der Waals surface area contributed by atoms with Crippen molar-refractivity contribution >= 4 is 17.7 Å². The molecule has 2 aromatic carbocycles. The molecule has 0 bridgehead atoms.